The normalized spacial score (nSPS) is 17.7. The van der Waals surface area contributed by atoms with Crippen LogP contribution < -0.4 is 10.1 Å². The Morgan fingerprint density at radius 1 is 1.28 bits per heavy atom. The Bertz CT molecular complexity index is 684. The first-order chi connectivity index (χ1) is 12.2. The summed E-state index contributed by atoms with van der Waals surface area (Å²) in [4.78, 5) is 16.3. The van der Waals surface area contributed by atoms with Gasteiger partial charge in [0, 0.05) is 29.6 Å². The molecule has 1 aliphatic rings. The van der Waals surface area contributed by atoms with Crippen LogP contribution in [0.3, 0.4) is 0 Å². The van der Waals surface area contributed by atoms with Crippen molar-refractivity contribution in [3.63, 3.8) is 0 Å². The third-order valence-corrected chi connectivity index (χ3v) is 5.38. The highest BCUT2D eigenvalue weighted by Crippen LogP contribution is 2.29. The summed E-state index contributed by atoms with van der Waals surface area (Å²) in [6.07, 6.45) is 0. The van der Waals surface area contributed by atoms with Crippen molar-refractivity contribution in [1.82, 2.24) is 10.2 Å². The number of nitrogens with zero attached hydrogens (tertiary/aromatic N) is 1. The molecule has 0 aliphatic carbocycles. The topological polar surface area (TPSA) is 50.8 Å². The number of carbonyl (C=O) groups is 1. The maximum absolute atomic E-state index is 12.7. The minimum absolute atomic E-state index is 0.0181. The van der Waals surface area contributed by atoms with E-state index in [-0.39, 0.29) is 18.0 Å². The number of methoxy groups -OCH3 is 1. The van der Waals surface area contributed by atoms with Gasteiger partial charge in [0.1, 0.15) is 5.75 Å². The number of rotatable bonds is 6. The zero-order valence-electron chi connectivity index (χ0n) is 14.6. The van der Waals surface area contributed by atoms with E-state index in [0.29, 0.717) is 11.3 Å². The largest absolute Gasteiger partial charge is 0.497 e. The van der Waals surface area contributed by atoms with Gasteiger partial charge in [0.25, 0.3) is 5.91 Å². The summed E-state index contributed by atoms with van der Waals surface area (Å²) in [6, 6.07) is 11.6. The van der Waals surface area contributed by atoms with Gasteiger partial charge in [-0.15, -0.1) is 11.3 Å². The van der Waals surface area contributed by atoms with E-state index in [1.165, 1.54) is 4.88 Å². The van der Waals surface area contributed by atoms with Crippen LogP contribution in [0.1, 0.15) is 28.2 Å². The van der Waals surface area contributed by atoms with Crippen molar-refractivity contribution in [3.05, 3.63) is 52.2 Å². The Morgan fingerprint density at radius 3 is 2.76 bits per heavy atom. The van der Waals surface area contributed by atoms with E-state index in [1.807, 2.05) is 12.1 Å². The lowest BCUT2D eigenvalue weighted by Crippen LogP contribution is -2.48. The summed E-state index contributed by atoms with van der Waals surface area (Å²) in [6.45, 7) is 5.29. The Kier molecular flexibility index (Phi) is 6.07. The van der Waals surface area contributed by atoms with E-state index >= 15 is 0 Å². The van der Waals surface area contributed by atoms with Gasteiger partial charge in [-0.1, -0.05) is 12.1 Å². The van der Waals surface area contributed by atoms with E-state index in [1.54, 1.807) is 30.6 Å². The Balaban J connectivity index is 1.75. The predicted octanol–water partition coefficient (Wildman–Crippen LogP) is 2.95. The van der Waals surface area contributed by atoms with Crippen molar-refractivity contribution in [2.24, 2.45) is 0 Å². The van der Waals surface area contributed by atoms with Crippen LogP contribution in [0.5, 0.6) is 5.75 Å². The number of benzene rings is 1. The summed E-state index contributed by atoms with van der Waals surface area (Å²) >= 11 is 1.73. The molecule has 1 aromatic heterocycles. The first-order valence-electron chi connectivity index (χ1n) is 8.49. The van der Waals surface area contributed by atoms with Crippen LogP contribution in [0.2, 0.25) is 0 Å². The SMILES string of the molecule is COc1cccc(C(=O)N[C@@H](C)[C@@H](c2cccs2)N2CCOCC2)c1. The first-order valence-corrected chi connectivity index (χ1v) is 9.37. The van der Waals surface area contributed by atoms with Crippen LogP contribution in [0.15, 0.2) is 41.8 Å². The first kappa shape index (κ1) is 17.9. The van der Waals surface area contributed by atoms with Crippen molar-refractivity contribution in [1.29, 1.82) is 0 Å². The van der Waals surface area contributed by atoms with Crippen LogP contribution in [-0.2, 0) is 4.74 Å². The van der Waals surface area contributed by atoms with Crippen molar-refractivity contribution in [3.8, 4) is 5.75 Å². The lowest BCUT2D eigenvalue weighted by Gasteiger charge is -2.37. The summed E-state index contributed by atoms with van der Waals surface area (Å²) < 4.78 is 10.7. The lowest BCUT2D eigenvalue weighted by molar-refractivity contribution is 0.00969. The van der Waals surface area contributed by atoms with Gasteiger partial charge in [-0.25, -0.2) is 0 Å². The monoisotopic (exact) mass is 360 g/mol. The molecular formula is C19H24N2O3S. The predicted molar refractivity (Wildman–Crippen MR) is 99.4 cm³/mol. The van der Waals surface area contributed by atoms with Crippen molar-refractivity contribution in [2.45, 2.75) is 19.0 Å². The molecule has 3 rings (SSSR count). The molecule has 1 aliphatic heterocycles. The smallest absolute Gasteiger partial charge is 0.251 e. The molecule has 1 aromatic carbocycles. The van der Waals surface area contributed by atoms with Crippen molar-refractivity contribution >= 4 is 17.2 Å². The average molecular weight is 360 g/mol. The molecule has 0 unspecified atom stereocenters. The average Bonchev–Trinajstić information content (AvgIpc) is 3.17. The van der Waals surface area contributed by atoms with E-state index < -0.39 is 0 Å². The molecular weight excluding hydrogens is 336 g/mol. The van der Waals surface area contributed by atoms with E-state index in [4.69, 9.17) is 9.47 Å². The number of thiophene rings is 1. The second-order valence-electron chi connectivity index (χ2n) is 6.10. The number of amides is 1. The number of carbonyl (C=O) groups excluding carboxylic acids is 1. The number of nitrogens with one attached hydrogen (secondary N) is 1. The van der Waals surface area contributed by atoms with Crippen molar-refractivity contribution in [2.75, 3.05) is 33.4 Å². The Labute approximate surface area is 152 Å². The third-order valence-electron chi connectivity index (χ3n) is 4.44. The number of hydrogen-bond donors (Lipinski definition) is 1. The molecule has 25 heavy (non-hydrogen) atoms. The fourth-order valence-corrected chi connectivity index (χ4v) is 4.16. The highest BCUT2D eigenvalue weighted by molar-refractivity contribution is 7.10. The second-order valence-corrected chi connectivity index (χ2v) is 7.08. The van der Waals surface area contributed by atoms with Crippen molar-refractivity contribution < 1.29 is 14.3 Å². The van der Waals surface area contributed by atoms with Crippen LogP contribution in [0.25, 0.3) is 0 Å². The van der Waals surface area contributed by atoms with Gasteiger partial charge >= 0.3 is 0 Å². The molecule has 0 spiro atoms. The molecule has 2 aromatic rings. The van der Waals surface area contributed by atoms with Gasteiger partial charge in [-0.2, -0.15) is 0 Å². The summed E-state index contributed by atoms with van der Waals surface area (Å²) in [5, 5.41) is 5.25. The maximum Gasteiger partial charge on any atom is 0.251 e. The Hall–Kier alpha value is -1.89. The molecule has 1 saturated heterocycles. The molecule has 0 bridgehead atoms. The highest BCUT2D eigenvalue weighted by Gasteiger charge is 2.29. The maximum atomic E-state index is 12.7. The number of morpholine rings is 1. The molecule has 1 N–H and O–H groups in total. The van der Waals surface area contributed by atoms with Crippen LogP contribution >= 0.6 is 11.3 Å². The molecule has 2 heterocycles. The Morgan fingerprint density at radius 2 is 2.08 bits per heavy atom. The second kappa shape index (κ2) is 8.47. The summed E-state index contributed by atoms with van der Waals surface area (Å²) in [5.74, 6) is 0.601. The summed E-state index contributed by atoms with van der Waals surface area (Å²) in [7, 11) is 1.60. The fourth-order valence-electron chi connectivity index (χ4n) is 3.19. The van der Waals surface area contributed by atoms with Crippen LogP contribution in [0.4, 0.5) is 0 Å². The van der Waals surface area contributed by atoms with E-state index in [2.05, 4.69) is 34.7 Å². The number of hydrogen-bond acceptors (Lipinski definition) is 5. The van der Waals surface area contributed by atoms with E-state index in [9.17, 15) is 4.79 Å². The van der Waals surface area contributed by atoms with Gasteiger partial charge in [0.05, 0.1) is 26.4 Å². The van der Waals surface area contributed by atoms with Gasteiger partial charge in [-0.05, 0) is 36.6 Å². The molecule has 1 amide bonds. The minimum Gasteiger partial charge on any atom is -0.497 e. The van der Waals surface area contributed by atoms with Gasteiger partial charge in [-0.3, -0.25) is 9.69 Å². The molecule has 6 heteroatoms. The highest BCUT2D eigenvalue weighted by atomic mass is 32.1. The van der Waals surface area contributed by atoms with E-state index in [0.717, 1.165) is 26.3 Å². The van der Waals surface area contributed by atoms with Gasteiger partial charge < -0.3 is 14.8 Å². The quantitative estimate of drug-likeness (QED) is 0.861. The standard InChI is InChI=1S/C19H24N2O3S/c1-14(20-19(22)15-5-3-6-16(13-15)23-2)18(17-7-4-12-25-17)21-8-10-24-11-9-21/h3-7,12-14,18H,8-11H2,1-2H3,(H,20,22)/t14-,18-/m0/s1. The van der Waals surface area contributed by atoms with Crippen LogP contribution in [0, 0.1) is 0 Å². The molecule has 134 valence electrons. The molecule has 0 radical (unpaired) electrons. The molecule has 0 saturated carbocycles. The summed E-state index contributed by atoms with van der Waals surface area (Å²) in [5.41, 5.74) is 0.609. The van der Waals surface area contributed by atoms with Gasteiger partial charge in [0.15, 0.2) is 0 Å². The zero-order chi connectivity index (χ0) is 17.6. The molecule has 2 atom stereocenters. The van der Waals surface area contributed by atoms with Gasteiger partial charge in [0.2, 0.25) is 0 Å². The minimum atomic E-state index is -0.0822. The molecule has 1 fully saturated rings. The fraction of sp³-hybridized carbons (Fsp3) is 0.421. The zero-order valence-corrected chi connectivity index (χ0v) is 15.4. The van der Waals surface area contributed by atoms with Crippen LogP contribution in [-0.4, -0.2) is 50.3 Å². The third kappa shape index (κ3) is 4.39. The number of ether oxygens (including phenoxy) is 2. The lowest BCUT2D eigenvalue weighted by atomic mass is 10.0. The molecule has 5 nitrogen and oxygen atoms in total.